The van der Waals surface area contributed by atoms with Gasteiger partial charge in [-0.25, -0.2) is 0 Å². The smallest absolute Gasteiger partial charge is 0.261 e. The van der Waals surface area contributed by atoms with Crippen LogP contribution in [-0.4, -0.2) is 11.0 Å². The molecule has 1 heterocycles. The Balaban J connectivity index is 2.06. The molecule has 1 atom stereocenters. The second-order valence-corrected chi connectivity index (χ2v) is 6.86. The van der Waals surface area contributed by atoms with Crippen molar-refractivity contribution in [3.8, 4) is 0 Å². The molecule has 0 radical (unpaired) electrons. The minimum absolute atomic E-state index is 0.0341. The maximum Gasteiger partial charge on any atom is 0.261 e. The average molecular weight is 338 g/mol. The van der Waals surface area contributed by atoms with Gasteiger partial charge in [0.25, 0.3) is 5.91 Å². The highest BCUT2D eigenvalue weighted by Gasteiger charge is 2.51. The zero-order chi connectivity index (χ0) is 14.3. The van der Waals surface area contributed by atoms with Gasteiger partial charge in [0, 0.05) is 16.0 Å². The Bertz CT molecular complexity index is 550. The van der Waals surface area contributed by atoms with E-state index in [1.54, 1.807) is 0 Å². The Labute approximate surface area is 127 Å². The zero-order valence-corrected chi connectivity index (χ0v) is 13.3. The van der Waals surface area contributed by atoms with Crippen LogP contribution in [0.15, 0.2) is 16.6 Å². The Morgan fingerprint density at radius 3 is 2.55 bits per heavy atom. The molecule has 0 saturated heterocycles. The molecule has 0 aromatic heterocycles. The summed E-state index contributed by atoms with van der Waals surface area (Å²) < 4.78 is 0.960. The van der Waals surface area contributed by atoms with E-state index >= 15 is 0 Å². The van der Waals surface area contributed by atoms with Crippen molar-refractivity contribution in [3.63, 3.8) is 0 Å². The van der Waals surface area contributed by atoms with Gasteiger partial charge in [0.15, 0.2) is 5.60 Å². The van der Waals surface area contributed by atoms with E-state index in [0.717, 1.165) is 47.0 Å². The molecule has 1 unspecified atom stereocenters. The molecule has 1 amide bonds. The first-order chi connectivity index (χ1) is 9.55. The highest BCUT2D eigenvalue weighted by atomic mass is 79.9. The summed E-state index contributed by atoms with van der Waals surface area (Å²) in [5.41, 5.74) is 1.19. The van der Waals surface area contributed by atoms with Crippen molar-refractivity contribution < 1.29 is 9.90 Å². The van der Waals surface area contributed by atoms with Crippen LogP contribution in [0.1, 0.15) is 49.7 Å². The molecule has 1 aliphatic carbocycles. The molecule has 4 heteroatoms. The van der Waals surface area contributed by atoms with E-state index in [1.807, 2.05) is 19.1 Å². The molecular formula is C16H20BrNO2. The van der Waals surface area contributed by atoms with Crippen LogP contribution >= 0.6 is 15.9 Å². The maximum atomic E-state index is 12.5. The van der Waals surface area contributed by atoms with E-state index in [2.05, 4.69) is 21.2 Å². The van der Waals surface area contributed by atoms with Crippen LogP contribution in [-0.2, 0) is 10.4 Å². The monoisotopic (exact) mass is 337 g/mol. The summed E-state index contributed by atoms with van der Waals surface area (Å²) >= 11 is 3.48. The molecule has 3 rings (SSSR count). The summed E-state index contributed by atoms with van der Waals surface area (Å²) in [4.78, 5) is 12.5. The van der Waals surface area contributed by atoms with Crippen LogP contribution in [0.5, 0.6) is 0 Å². The number of carbonyl (C=O) groups is 1. The number of benzene rings is 1. The number of nitrogens with one attached hydrogen (secondary N) is 1. The predicted octanol–water partition coefficient (Wildman–Crippen LogP) is 3.87. The van der Waals surface area contributed by atoms with E-state index in [0.29, 0.717) is 0 Å². The number of amides is 1. The van der Waals surface area contributed by atoms with Gasteiger partial charge in [-0.3, -0.25) is 4.79 Å². The van der Waals surface area contributed by atoms with E-state index in [1.165, 1.54) is 12.8 Å². The van der Waals surface area contributed by atoms with Gasteiger partial charge in [-0.2, -0.15) is 0 Å². The van der Waals surface area contributed by atoms with Gasteiger partial charge in [0.05, 0.1) is 5.69 Å². The molecule has 1 aromatic carbocycles. The minimum Gasteiger partial charge on any atom is -0.375 e. The fourth-order valence-corrected chi connectivity index (χ4v) is 3.93. The Morgan fingerprint density at radius 2 is 1.90 bits per heavy atom. The topological polar surface area (TPSA) is 49.3 Å². The fraction of sp³-hybridized carbons (Fsp3) is 0.562. The van der Waals surface area contributed by atoms with E-state index in [9.17, 15) is 9.90 Å². The molecule has 1 aromatic rings. The lowest BCUT2D eigenvalue weighted by Gasteiger charge is -2.30. The molecule has 20 heavy (non-hydrogen) atoms. The van der Waals surface area contributed by atoms with Crippen molar-refractivity contribution >= 4 is 27.5 Å². The summed E-state index contributed by atoms with van der Waals surface area (Å²) in [6.07, 6.45) is 6.48. The van der Waals surface area contributed by atoms with Crippen LogP contribution in [0.3, 0.4) is 0 Å². The molecule has 1 fully saturated rings. The summed E-state index contributed by atoms with van der Waals surface area (Å²) in [5, 5.41) is 14.0. The lowest BCUT2D eigenvalue weighted by atomic mass is 9.77. The molecule has 0 spiro atoms. The van der Waals surface area contributed by atoms with Crippen LogP contribution in [0.25, 0.3) is 0 Å². The van der Waals surface area contributed by atoms with Crippen molar-refractivity contribution in [1.82, 2.24) is 0 Å². The molecule has 108 valence electrons. The van der Waals surface area contributed by atoms with Crippen LogP contribution < -0.4 is 5.32 Å². The standard InChI is InChI=1S/C16H20BrNO2/c1-10-13(17)9-8-12-14(10)18-15(19)16(12,20)11-6-4-2-3-5-7-11/h8-9,11,20H,2-7H2,1H3,(H,18,19). The number of anilines is 1. The van der Waals surface area contributed by atoms with Crippen molar-refractivity contribution in [2.75, 3.05) is 5.32 Å². The third-order valence-corrected chi connectivity index (χ3v) is 5.70. The fourth-order valence-electron chi connectivity index (χ4n) is 3.60. The lowest BCUT2D eigenvalue weighted by Crippen LogP contribution is -2.41. The van der Waals surface area contributed by atoms with Crippen LogP contribution in [0.2, 0.25) is 0 Å². The van der Waals surface area contributed by atoms with Crippen molar-refractivity contribution in [2.45, 2.75) is 51.0 Å². The van der Waals surface area contributed by atoms with Crippen molar-refractivity contribution in [3.05, 3.63) is 27.7 Å². The number of rotatable bonds is 1. The van der Waals surface area contributed by atoms with Gasteiger partial charge < -0.3 is 10.4 Å². The summed E-state index contributed by atoms with van der Waals surface area (Å²) in [7, 11) is 0. The minimum atomic E-state index is -1.34. The third-order valence-electron chi connectivity index (χ3n) is 4.84. The summed E-state index contributed by atoms with van der Waals surface area (Å²) in [5.74, 6) is -0.215. The number of halogens is 1. The van der Waals surface area contributed by atoms with Gasteiger partial charge in [-0.15, -0.1) is 0 Å². The number of aliphatic hydroxyl groups is 1. The number of hydrogen-bond acceptors (Lipinski definition) is 2. The highest BCUT2D eigenvalue weighted by molar-refractivity contribution is 9.10. The largest absolute Gasteiger partial charge is 0.375 e. The normalized spacial score (nSPS) is 27.1. The third kappa shape index (κ3) is 2.01. The van der Waals surface area contributed by atoms with E-state index in [-0.39, 0.29) is 11.8 Å². The number of carbonyl (C=O) groups excluding carboxylic acids is 1. The number of hydrogen-bond donors (Lipinski definition) is 2. The molecule has 2 N–H and O–H groups in total. The zero-order valence-electron chi connectivity index (χ0n) is 11.7. The summed E-state index contributed by atoms with van der Waals surface area (Å²) in [6, 6.07) is 3.81. The molecule has 1 aliphatic heterocycles. The molecule has 2 aliphatic rings. The molecular weight excluding hydrogens is 318 g/mol. The van der Waals surface area contributed by atoms with E-state index in [4.69, 9.17) is 0 Å². The molecule has 3 nitrogen and oxygen atoms in total. The van der Waals surface area contributed by atoms with Gasteiger partial charge in [0.1, 0.15) is 0 Å². The van der Waals surface area contributed by atoms with E-state index < -0.39 is 5.60 Å². The number of fused-ring (bicyclic) bond motifs is 1. The van der Waals surface area contributed by atoms with Gasteiger partial charge in [-0.1, -0.05) is 47.7 Å². The first kappa shape index (κ1) is 14.1. The maximum absolute atomic E-state index is 12.5. The van der Waals surface area contributed by atoms with Crippen LogP contribution in [0.4, 0.5) is 5.69 Å². The van der Waals surface area contributed by atoms with Crippen molar-refractivity contribution in [1.29, 1.82) is 0 Å². The first-order valence-corrected chi connectivity index (χ1v) is 8.18. The van der Waals surface area contributed by atoms with Crippen LogP contribution in [0, 0.1) is 12.8 Å². The SMILES string of the molecule is Cc1c(Br)ccc2c1NC(=O)C2(O)C1CCCCCC1. The molecule has 0 bridgehead atoms. The predicted molar refractivity (Wildman–Crippen MR) is 82.6 cm³/mol. The quantitative estimate of drug-likeness (QED) is 0.764. The van der Waals surface area contributed by atoms with Gasteiger partial charge in [0.2, 0.25) is 0 Å². The Kier molecular flexibility index (Phi) is 3.63. The first-order valence-electron chi connectivity index (χ1n) is 7.38. The van der Waals surface area contributed by atoms with Gasteiger partial charge in [-0.05, 0) is 31.4 Å². The second kappa shape index (κ2) is 5.15. The Hall–Kier alpha value is -0.870. The Morgan fingerprint density at radius 1 is 1.25 bits per heavy atom. The van der Waals surface area contributed by atoms with Crippen molar-refractivity contribution in [2.24, 2.45) is 5.92 Å². The second-order valence-electron chi connectivity index (χ2n) is 6.00. The summed E-state index contributed by atoms with van der Waals surface area (Å²) in [6.45, 7) is 1.96. The highest BCUT2D eigenvalue weighted by Crippen LogP contribution is 2.47. The average Bonchev–Trinajstić information content (AvgIpc) is 2.65. The molecule has 1 saturated carbocycles. The lowest BCUT2D eigenvalue weighted by molar-refractivity contribution is -0.140. The van der Waals surface area contributed by atoms with Gasteiger partial charge >= 0.3 is 0 Å².